The number of amides is 1. The third kappa shape index (κ3) is 2.71. The second-order valence-corrected chi connectivity index (χ2v) is 6.41. The number of aromatic nitrogens is 2. The van der Waals surface area contributed by atoms with Crippen molar-refractivity contribution < 1.29 is 4.79 Å². The normalized spacial score (nSPS) is 18.6. The van der Waals surface area contributed by atoms with Crippen LogP contribution in [0.15, 0.2) is 24.3 Å². The fourth-order valence-corrected chi connectivity index (χ4v) is 3.55. The molecule has 2 heterocycles. The van der Waals surface area contributed by atoms with E-state index in [1.54, 1.807) is 4.68 Å². The summed E-state index contributed by atoms with van der Waals surface area (Å²) in [7, 11) is 1.89. The number of nitrogens with zero attached hydrogens (tertiary/aromatic N) is 3. The number of hydrogen-bond acceptors (Lipinski definition) is 2. The standard InChI is InChI=1S/C16H20BrN3O/c1-19-14-9-3-2-8-13(14)15(18-19)16(21)20-11-5-7-12(20)6-4-10-17/h2-3,8-9,12H,4-7,10-11H2,1H3. The van der Waals surface area contributed by atoms with Gasteiger partial charge in [0.25, 0.3) is 5.91 Å². The van der Waals surface area contributed by atoms with E-state index in [9.17, 15) is 4.79 Å². The van der Waals surface area contributed by atoms with Crippen molar-refractivity contribution in [1.82, 2.24) is 14.7 Å². The summed E-state index contributed by atoms with van der Waals surface area (Å²) in [5.41, 5.74) is 1.61. The summed E-state index contributed by atoms with van der Waals surface area (Å²) >= 11 is 3.48. The molecule has 3 rings (SSSR count). The smallest absolute Gasteiger partial charge is 0.275 e. The first-order valence-corrected chi connectivity index (χ1v) is 8.63. The van der Waals surface area contributed by atoms with Crippen LogP contribution in [-0.4, -0.2) is 38.5 Å². The summed E-state index contributed by atoms with van der Waals surface area (Å²) in [6, 6.07) is 8.31. The van der Waals surface area contributed by atoms with Crippen LogP contribution in [0.5, 0.6) is 0 Å². The topological polar surface area (TPSA) is 38.1 Å². The van der Waals surface area contributed by atoms with Crippen LogP contribution in [0.1, 0.15) is 36.2 Å². The summed E-state index contributed by atoms with van der Waals surface area (Å²) in [5, 5.41) is 6.42. The maximum atomic E-state index is 12.9. The van der Waals surface area contributed by atoms with Crippen LogP contribution in [0.3, 0.4) is 0 Å². The van der Waals surface area contributed by atoms with Crippen molar-refractivity contribution in [3.63, 3.8) is 0 Å². The van der Waals surface area contributed by atoms with Crippen LogP contribution in [0.2, 0.25) is 0 Å². The Kier molecular flexibility index (Phi) is 4.29. The lowest BCUT2D eigenvalue weighted by atomic mass is 10.1. The highest BCUT2D eigenvalue weighted by Crippen LogP contribution is 2.26. The minimum absolute atomic E-state index is 0.0869. The Labute approximate surface area is 133 Å². The van der Waals surface area contributed by atoms with Gasteiger partial charge in [0.15, 0.2) is 5.69 Å². The minimum atomic E-state index is 0.0869. The van der Waals surface area contributed by atoms with E-state index in [2.05, 4.69) is 21.0 Å². The second kappa shape index (κ2) is 6.18. The molecule has 21 heavy (non-hydrogen) atoms. The van der Waals surface area contributed by atoms with Gasteiger partial charge in [-0.05, 0) is 31.7 Å². The molecule has 0 aliphatic carbocycles. The number of aryl methyl sites for hydroxylation is 1. The van der Waals surface area contributed by atoms with Gasteiger partial charge < -0.3 is 4.90 Å². The molecule has 0 spiro atoms. The molecule has 1 aliphatic heterocycles. The number of halogens is 1. The Balaban J connectivity index is 1.89. The van der Waals surface area contributed by atoms with Gasteiger partial charge in [0.05, 0.1) is 5.52 Å². The Bertz CT molecular complexity index is 652. The lowest BCUT2D eigenvalue weighted by molar-refractivity contribution is 0.0725. The highest BCUT2D eigenvalue weighted by atomic mass is 79.9. The van der Waals surface area contributed by atoms with E-state index in [0.717, 1.165) is 48.5 Å². The molecule has 1 saturated heterocycles. The molecule has 5 heteroatoms. The molecule has 0 bridgehead atoms. The molecule has 0 saturated carbocycles. The molecule has 1 unspecified atom stereocenters. The van der Waals surface area contributed by atoms with Crippen molar-refractivity contribution in [3.05, 3.63) is 30.0 Å². The first-order chi connectivity index (χ1) is 10.2. The van der Waals surface area contributed by atoms with Crippen molar-refractivity contribution in [2.45, 2.75) is 31.7 Å². The average Bonchev–Trinajstić information content (AvgIpc) is 3.10. The maximum Gasteiger partial charge on any atom is 0.275 e. The summed E-state index contributed by atoms with van der Waals surface area (Å²) in [4.78, 5) is 14.9. The van der Waals surface area contributed by atoms with E-state index < -0.39 is 0 Å². The van der Waals surface area contributed by atoms with Crippen molar-refractivity contribution in [2.75, 3.05) is 11.9 Å². The predicted octanol–water partition coefficient (Wildman–Crippen LogP) is 3.35. The van der Waals surface area contributed by atoms with Crippen LogP contribution in [-0.2, 0) is 7.05 Å². The van der Waals surface area contributed by atoms with E-state index in [0.29, 0.717) is 11.7 Å². The number of fused-ring (bicyclic) bond motifs is 1. The van der Waals surface area contributed by atoms with E-state index in [-0.39, 0.29) is 5.91 Å². The van der Waals surface area contributed by atoms with Gasteiger partial charge in [-0.3, -0.25) is 9.48 Å². The number of benzene rings is 1. The molecule has 112 valence electrons. The van der Waals surface area contributed by atoms with Gasteiger partial charge in [0.2, 0.25) is 0 Å². The predicted molar refractivity (Wildman–Crippen MR) is 87.8 cm³/mol. The zero-order chi connectivity index (χ0) is 14.8. The van der Waals surface area contributed by atoms with Crippen LogP contribution in [0, 0.1) is 0 Å². The van der Waals surface area contributed by atoms with Gasteiger partial charge in [-0.15, -0.1) is 0 Å². The van der Waals surface area contributed by atoms with Gasteiger partial charge in [0.1, 0.15) is 0 Å². The zero-order valence-corrected chi connectivity index (χ0v) is 13.8. The van der Waals surface area contributed by atoms with Crippen molar-refractivity contribution in [2.24, 2.45) is 7.05 Å². The number of carbonyl (C=O) groups excluding carboxylic acids is 1. The average molecular weight is 350 g/mol. The summed E-state index contributed by atoms with van der Waals surface area (Å²) in [5.74, 6) is 0.0869. The van der Waals surface area contributed by atoms with Crippen LogP contribution in [0.25, 0.3) is 10.9 Å². The molecule has 1 aromatic heterocycles. The quantitative estimate of drug-likeness (QED) is 0.793. The van der Waals surface area contributed by atoms with Gasteiger partial charge in [-0.1, -0.05) is 34.1 Å². The molecule has 4 nitrogen and oxygen atoms in total. The third-order valence-corrected chi connectivity index (χ3v) is 4.83. The Morgan fingerprint density at radius 3 is 3.05 bits per heavy atom. The van der Waals surface area contributed by atoms with Crippen LogP contribution in [0.4, 0.5) is 0 Å². The van der Waals surface area contributed by atoms with Crippen molar-refractivity contribution in [1.29, 1.82) is 0 Å². The summed E-state index contributed by atoms with van der Waals surface area (Å²) in [6.45, 7) is 0.858. The van der Waals surface area contributed by atoms with E-state index in [1.165, 1.54) is 0 Å². The molecule has 1 amide bonds. The molecule has 1 aliphatic rings. The SMILES string of the molecule is Cn1nc(C(=O)N2CCCC2CCCBr)c2ccccc21. The first kappa shape index (κ1) is 14.6. The second-order valence-electron chi connectivity index (χ2n) is 5.62. The van der Waals surface area contributed by atoms with Gasteiger partial charge in [-0.25, -0.2) is 0 Å². The fourth-order valence-electron chi connectivity index (χ4n) is 3.22. The molecule has 2 aromatic rings. The maximum absolute atomic E-state index is 12.9. The molecule has 1 aromatic carbocycles. The molecule has 1 fully saturated rings. The summed E-state index contributed by atoms with van der Waals surface area (Å²) in [6.07, 6.45) is 4.39. The molecular formula is C16H20BrN3O. The van der Waals surface area contributed by atoms with Crippen molar-refractivity contribution in [3.8, 4) is 0 Å². The lowest BCUT2D eigenvalue weighted by Crippen LogP contribution is -2.36. The zero-order valence-electron chi connectivity index (χ0n) is 12.3. The van der Waals surface area contributed by atoms with Crippen LogP contribution >= 0.6 is 15.9 Å². The Hall–Kier alpha value is -1.36. The van der Waals surface area contributed by atoms with Gasteiger partial charge >= 0.3 is 0 Å². The van der Waals surface area contributed by atoms with E-state index >= 15 is 0 Å². The number of para-hydroxylation sites is 1. The molecule has 0 N–H and O–H groups in total. The number of alkyl halides is 1. The number of hydrogen-bond donors (Lipinski definition) is 0. The monoisotopic (exact) mass is 349 g/mol. The van der Waals surface area contributed by atoms with Crippen LogP contribution < -0.4 is 0 Å². The Morgan fingerprint density at radius 2 is 2.24 bits per heavy atom. The number of rotatable bonds is 4. The summed E-state index contributed by atoms with van der Waals surface area (Å²) < 4.78 is 1.80. The largest absolute Gasteiger partial charge is 0.334 e. The Morgan fingerprint density at radius 1 is 1.43 bits per heavy atom. The highest BCUT2D eigenvalue weighted by Gasteiger charge is 2.31. The minimum Gasteiger partial charge on any atom is -0.334 e. The van der Waals surface area contributed by atoms with E-state index in [4.69, 9.17) is 0 Å². The first-order valence-electron chi connectivity index (χ1n) is 7.51. The lowest BCUT2D eigenvalue weighted by Gasteiger charge is -2.23. The highest BCUT2D eigenvalue weighted by molar-refractivity contribution is 9.09. The van der Waals surface area contributed by atoms with E-state index in [1.807, 2.05) is 36.2 Å². The van der Waals surface area contributed by atoms with Crippen molar-refractivity contribution >= 4 is 32.7 Å². The molecular weight excluding hydrogens is 330 g/mol. The number of likely N-dealkylation sites (tertiary alicyclic amines) is 1. The fraction of sp³-hybridized carbons (Fsp3) is 0.500. The van der Waals surface area contributed by atoms with Gasteiger partial charge in [0, 0.05) is 30.4 Å². The third-order valence-electron chi connectivity index (χ3n) is 4.27. The van der Waals surface area contributed by atoms with Gasteiger partial charge in [-0.2, -0.15) is 5.10 Å². The number of carbonyl (C=O) groups is 1. The molecule has 1 atom stereocenters. The molecule has 0 radical (unpaired) electrons.